The minimum atomic E-state index is 0.724. The molecular formula is C13H25NO. The molecule has 0 bridgehead atoms. The minimum Gasteiger partial charge on any atom is -0.380 e. The Balaban J connectivity index is 1.96. The summed E-state index contributed by atoms with van der Waals surface area (Å²) < 4.78 is 5.47. The Bertz CT molecular complexity index is 170. The molecule has 0 spiro atoms. The average molecular weight is 211 g/mol. The summed E-state index contributed by atoms with van der Waals surface area (Å²) >= 11 is 0. The van der Waals surface area contributed by atoms with Gasteiger partial charge in [-0.1, -0.05) is 25.8 Å². The average Bonchev–Trinajstić information content (AvgIpc) is 2.25. The molecule has 0 aromatic heterocycles. The van der Waals surface area contributed by atoms with Gasteiger partial charge in [-0.15, -0.1) is 6.58 Å². The van der Waals surface area contributed by atoms with Gasteiger partial charge in [0, 0.05) is 12.6 Å². The predicted octanol–water partition coefficient (Wildman–Crippen LogP) is 2.75. The lowest BCUT2D eigenvalue weighted by Crippen LogP contribution is -2.38. The highest BCUT2D eigenvalue weighted by molar-refractivity contribution is 4.77. The summed E-state index contributed by atoms with van der Waals surface area (Å²) in [6, 6.07) is 0.724. The summed E-state index contributed by atoms with van der Waals surface area (Å²) in [5.74, 6) is 0.840. The SMILES string of the molecule is C=CCCOCCNC1CCCCC1C. The van der Waals surface area contributed by atoms with Crippen molar-refractivity contribution in [3.8, 4) is 0 Å². The molecule has 2 unspecified atom stereocenters. The van der Waals surface area contributed by atoms with Gasteiger partial charge in [-0.25, -0.2) is 0 Å². The molecule has 0 aromatic carbocycles. The summed E-state index contributed by atoms with van der Waals surface area (Å²) in [6.45, 7) is 8.66. The van der Waals surface area contributed by atoms with Crippen LogP contribution < -0.4 is 5.32 Å². The van der Waals surface area contributed by atoms with Crippen molar-refractivity contribution >= 4 is 0 Å². The predicted molar refractivity (Wildman–Crippen MR) is 65.1 cm³/mol. The number of nitrogens with one attached hydrogen (secondary N) is 1. The molecule has 1 fully saturated rings. The molecule has 1 aliphatic carbocycles. The zero-order valence-electron chi connectivity index (χ0n) is 10.0. The first-order chi connectivity index (χ1) is 7.34. The number of hydrogen-bond acceptors (Lipinski definition) is 2. The minimum absolute atomic E-state index is 0.724. The highest BCUT2D eigenvalue weighted by Gasteiger charge is 2.19. The van der Waals surface area contributed by atoms with Crippen LogP contribution in [-0.4, -0.2) is 25.8 Å². The molecule has 0 saturated heterocycles. The fourth-order valence-corrected chi connectivity index (χ4v) is 2.20. The summed E-state index contributed by atoms with van der Waals surface area (Å²) in [5.41, 5.74) is 0. The molecule has 0 radical (unpaired) electrons. The Hall–Kier alpha value is -0.340. The Morgan fingerprint density at radius 1 is 1.33 bits per heavy atom. The van der Waals surface area contributed by atoms with E-state index in [1.807, 2.05) is 6.08 Å². The Morgan fingerprint density at radius 3 is 2.87 bits per heavy atom. The maximum atomic E-state index is 5.47. The number of ether oxygens (including phenoxy) is 1. The lowest BCUT2D eigenvalue weighted by molar-refractivity contribution is 0.133. The maximum Gasteiger partial charge on any atom is 0.0591 e. The Kier molecular flexibility index (Phi) is 6.69. The van der Waals surface area contributed by atoms with E-state index in [-0.39, 0.29) is 0 Å². The second kappa shape index (κ2) is 7.89. The third-order valence-corrected chi connectivity index (χ3v) is 3.23. The first-order valence-electron chi connectivity index (χ1n) is 6.26. The van der Waals surface area contributed by atoms with E-state index >= 15 is 0 Å². The van der Waals surface area contributed by atoms with Crippen LogP contribution >= 0.6 is 0 Å². The zero-order chi connectivity index (χ0) is 10.9. The third-order valence-electron chi connectivity index (χ3n) is 3.23. The lowest BCUT2D eigenvalue weighted by Gasteiger charge is -2.29. The number of rotatable bonds is 7. The molecule has 0 aromatic rings. The summed E-state index contributed by atoms with van der Waals surface area (Å²) in [6.07, 6.45) is 8.38. The highest BCUT2D eigenvalue weighted by Crippen LogP contribution is 2.23. The van der Waals surface area contributed by atoms with Crippen LogP contribution in [-0.2, 0) is 4.74 Å². The monoisotopic (exact) mass is 211 g/mol. The van der Waals surface area contributed by atoms with Crippen molar-refractivity contribution in [2.75, 3.05) is 19.8 Å². The van der Waals surface area contributed by atoms with E-state index in [0.717, 1.165) is 38.1 Å². The highest BCUT2D eigenvalue weighted by atomic mass is 16.5. The topological polar surface area (TPSA) is 21.3 Å². The van der Waals surface area contributed by atoms with Gasteiger partial charge in [0.1, 0.15) is 0 Å². The molecule has 2 nitrogen and oxygen atoms in total. The van der Waals surface area contributed by atoms with Crippen LogP contribution in [0.25, 0.3) is 0 Å². The van der Waals surface area contributed by atoms with Crippen LogP contribution in [0, 0.1) is 5.92 Å². The molecule has 1 saturated carbocycles. The van der Waals surface area contributed by atoms with E-state index in [1.54, 1.807) is 0 Å². The van der Waals surface area contributed by atoms with Gasteiger partial charge >= 0.3 is 0 Å². The van der Waals surface area contributed by atoms with Crippen molar-refractivity contribution < 1.29 is 4.74 Å². The van der Waals surface area contributed by atoms with Crippen molar-refractivity contribution in [3.63, 3.8) is 0 Å². The summed E-state index contributed by atoms with van der Waals surface area (Å²) in [5, 5.41) is 3.60. The van der Waals surface area contributed by atoms with Crippen molar-refractivity contribution in [1.82, 2.24) is 5.32 Å². The van der Waals surface area contributed by atoms with E-state index < -0.39 is 0 Å². The molecule has 1 rings (SSSR count). The van der Waals surface area contributed by atoms with Gasteiger partial charge < -0.3 is 10.1 Å². The van der Waals surface area contributed by atoms with Gasteiger partial charge in [-0.3, -0.25) is 0 Å². The van der Waals surface area contributed by atoms with Crippen molar-refractivity contribution in [2.45, 2.75) is 45.1 Å². The van der Waals surface area contributed by atoms with E-state index in [1.165, 1.54) is 25.7 Å². The maximum absolute atomic E-state index is 5.47. The van der Waals surface area contributed by atoms with Gasteiger partial charge in [0.15, 0.2) is 0 Å². The second-order valence-corrected chi connectivity index (χ2v) is 4.51. The van der Waals surface area contributed by atoms with E-state index in [0.29, 0.717) is 0 Å². The number of hydrogen-bond donors (Lipinski definition) is 1. The van der Waals surface area contributed by atoms with E-state index in [2.05, 4.69) is 18.8 Å². The van der Waals surface area contributed by atoms with Gasteiger partial charge in [0.2, 0.25) is 0 Å². The molecule has 0 amide bonds. The van der Waals surface area contributed by atoms with Gasteiger partial charge in [0.25, 0.3) is 0 Å². The molecule has 15 heavy (non-hydrogen) atoms. The van der Waals surface area contributed by atoms with Crippen LogP contribution in [0.1, 0.15) is 39.0 Å². The largest absolute Gasteiger partial charge is 0.380 e. The Morgan fingerprint density at radius 2 is 2.13 bits per heavy atom. The van der Waals surface area contributed by atoms with E-state index in [9.17, 15) is 0 Å². The van der Waals surface area contributed by atoms with Crippen LogP contribution in [0.15, 0.2) is 12.7 Å². The van der Waals surface area contributed by atoms with Crippen molar-refractivity contribution in [1.29, 1.82) is 0 Å². The summed E-state index contributed by atoms with van der Waals surface area (Å²) in [4.78, 5) is 0. The summed E-state index contributed by atoms with van der Waals surface area (Å²) in [7, 11) is 0. The first kappa shape index (κ1) is 12.7. The molecule has 2 heteroatoms. The fraction of sp³-hybridized carbons (Fsp3) is 0.846. The van der Waals surface area contributed by atoms with Crippen LogP contribution in [0.4, 0.5) is 0 Å². The van der Waals surface area contributed by atoms with Gasteiger partial charge in [-0.05, 0) is 25.2 Å². The second-order valence-electron chi connectivity index (χ2n) is 4.51. The normalized spacial score (nSPS) is 26.5. The van der Waals surface area contributed by atoms with E-state index in [4.69, 9.17) is 4.74 Å². The van der Waals surface area contributed by atoms with Crippen LogP contribution in [0.3, 0.4) is 0 Å². The standard InChI is InChI=1S/C13H25NO/c1-3-4-10-15-11-9-14-13-8-6-5-7-12(13)2/h3,12-14H,1,4-11H2,2H3. The molecule has 88 valence electrons. The lowest BCUT2D eigenvalue weighted by atomic mass is 9.86. The van der Waals surface area contributed by atoms with Crippen LogP contribution in [0.2, 0.25) is 0 Å². The Labute approximate surface area is 94.1 Å². The molecular weight excluding hydrogens is 186 g/mol. The van der Waals surface area contributed by atoms with Gasteiger partial charge in [0.05, 0.1) is 13.2 Å². The fourth-order valence-electron chi connectivity index (χ4n) is 2.20. The third kappa shape index (κ3) is 5.33. The molecule has 1 N–H and O–H groups in total. The molecule has 2 atom stereocenters. The van der Waals surface area contributed by atoms with Gasteiger partial charge in [-0.2, -0.15) is 0 Å². The van der Waals surface area contributed by atoms with Crippen molar-refractivity contribution in [3.05, 3.63) is 12.7 Å². The van der Waals surface area contributed by atoms with Crippen molar-refractivity contribution in [2.24, 2.45) is 5.92 Å². The smallest absolute Gasteiger partial charge is 0.0591 e. The first-order valence-corrected chi connectivity index (χ1v) is 6.26. The molecule has 1 aliphatic rings. The van der Waals surface area contributed by atoms with Crippen LogP contribution in [0.5, 0.6) is 0 Å². The molecule has 0 aliphatic heterocycles. The zero-order valence-corrected chi connectivity index (χ0v) is 10.0. The quantitative estimate of drug-likeness (QED) is 0.516. The molecule has 0 heterocycles.